The van der Waals surface area contributed by atoms with Crippen LogP contribution >= 0.6 is 27.7 Å². The monoisotopic (exact) mass is 383 g/mol. The molecule has 22 heavy (non-hydrogen) atoms. The minimum Gasteiger partial charge on any atom is -0.326 e. The molecule has 1 fully saturated rings. The fourth-order valence-corrected chi connectivity index (χ4v) is 3.63. The summed E-state index contributed by atoms with van der Waals surface area (Å²) in [6.07, 6.45) is 0.152. The van der Waals surface area contributed by atoms with Gasteiger partial charge in [0.15, 0.2) is 5.17 Å². The van der Waals surface area contributed by atoms with Gasteiger partial charge in [-0.1, -0.05) is 27.7 Å². The lowest BCUT2D eigenvalue weighted by Crippen LogP contribution is -2.33. The summed E-state index contributed by atoms with van der Waals surface area (Å²) >= 11 is 4.72. The van der Waals surface area contributed by atoms with Gasteiger partial charge in [-0.3, -0.25) is 19.5 Å². The molecule has 1 atom stereocenters. The van der Waals surface area contributed by atoms with Crippen molar-refractivity contribution in [2.24, 2.45) is 4.99 Å². The molecule has 2 amide bonds. The van der Waals surface area contributed by atoms with Crippen LogP contribution in [0.2, 0.25) is 0 Å². The van der Waals surface area contributed by atoms with E-state index in [4.69, 9.17) is 0 Å². The third-order valence-corrected chi connectivity index (χ3v) is 4.87. The molecule has 1 aliphatic rings. The molecule has 2 rings (SSSR count). The van der Waals surface area contributed by atoms with Gasteiger partial charge in [-0.05, 0) is 38.1 Å². The number of amidine groups is 1. The van der Waals surface area contributed by atoms with E-state index >= 15 is 0 Å². The maximum absolute atomic E-state index is 12.3. The highest BCUT2D eigenvalue weighted by Gasteiger charge is 2.37. The quantitative estimate of drug-likeness (QED) is 0.849. The average Bonchev–Trinajstić information content (AvgIpc) is 2.77. The Labute approximate surface area is 142 Å². The van der Waals surface area contributed by atoms with E-state index in [0.29, 0.717) is 13.1 Å². The van der Waals surface area contributed by atoms with Gasteiger partial charge in [-0.15, -0.1) is 0 Å². The Kier molecular flexibility index (Phi) is 6.02. The lowest BCUT2D eigenvalue weighted by atomic mass is 10.2. The standard InChI is InChI=1S/C15H18BrN3O2S/c1-3-17-15-19(4-2)14(21)12(22-15)9-13(20)18-11-7-5-10(16)6-8-11/h5-8,12H,3-4,9H2,1-2H3,(H,18,20)/t12-/m1/s1. The topological polar surface area (TPSA) is 61.8 Å². The fraction of sp³-hybridized carbons (Fsp3) is 0.400. The highest BCUT2D eigenvalue weighted by Crippen LogP contribution is 2.29. The number of halogens is 1. The van der Waals surface area contributed by atoms with E-state index in [1.54, 1.807) is 4.90 Å². The van der Waals surface area contributed by atoms with Crippen LogP contribution in [0.1, 0.15) is 20.3 Å². The molecule has 0 aromatic heterocycles. The molecule has 1 aliphatic heterocycles. The molecule has 0 aliphatic carbocycles. The van der Waals surface area contributed by atoms with Gasteiger partial charge >= 0.3 is 0 Å². The Morgan fingerprint density at radius 1 is 1.36 bits per heavy atom. The van der Waals surface area contributed by atoms with Crippen molar-refractivity contribution in [2.75, 3.05) is 18.4 Å². The molecular weight excluding hydrogens is 366 g/mol. The number of amides is 2. The molecule has 1 heterocycles. The molecule has 0 saturated carbocycles. The zero-order chi connectivity index (χ0) is 16.1. The van der Waals surface area contributed by atoms with Crippen LogP contribution in [0, 0.1) is 0 Å². The van der Waals surface area contributed by atoms with E-state index in [0.717, 1.165) is 15.3 Å². The van der Waals surface area contributed by atoms with Crippen molar-refractivity contribution >= 4 is 50.4 Å². The van der Waals surface area contributed by atoms with Gasteiger partial charge in [0.05, 0.1) is 0 Å². The fourth-order valence-electron chi connectivity index (χ4n) is 2.10. The van der Waals surface area contributed by atoms with Crippen molar-refractivity contribution in [1.82, 2.24) is 4.90 Å². The van der Waals surface area contributed by atoms with Gasteiger partial charge in [0, 0.05) is 29.7 Å². The summed E-state index contributed by atoms with van der Waals surface area (Å²) in [6.45, 7) is 5.05. The predicted octanol–water partition coefficient (Wildman–Crippen LogP) is 3.12. The molecule has 0 unspecified atom stereocenters. The van der Waals surface area contributed by atoms with E-state index in [-0.39, 0.29) is 23.5 Å². The van der Waals surface area contributed by atoms with Crippen LogP contribution in [0.3, 0.4) is 0 Å². The van der Waals surface area contributed by atoms with Crippen molar-refractivity contribution in [3.8, 4) is 0 Å². The summed E-state index contributed by atoms with van der Waals surface area (Å²) in [5, 5.41) is 3.14. The molecule has 1 N–H and O–H groups in total. The normalized spacial score (nSPS) is 19.8. The number of thioether (sulfide) groups is 1. The SMILES string of the molecule is CCN=C1S[C@H](CC(=O)Nc2ccc(Br)cc2)C(=O)N1CC. The van der Waals surface area contributed by atoms with Gasteiger partial charge in [-0.25, -0.2) is 0 Å². The number of carbonyl (C=O) groups is 2. The maximum atomic E-state index is 12.3. The number of hydrogen-bond acceptors (Lipinski definition) is 4. The smallest absolute Gasteiger partial charge is 0.242 e. The number of carbonyl (C=O) groups excluding carboxylic acids is 2. The Morgan fingerprint density at radius 2 is 2.05 bits per heavy atom. The van der Waals surface area contributed by atoms with Crippen molar-refractivity contribution < 1.29 is 9.59 Å². The van der Waals surface area contributed by atoms with Crippen LogP contribution in [0.15, 0.2) is 33.7 Å². The largest absolute Gasteiger partial charge is 0.326 e. The Hall–Kier alpha value is -1.34. The van der Waals surface area contributed by atoms with Crippen LogP contribution in [-0.2, 0) is 9.59 Å². The third-order valence-electron chi connectivity index (χ3n) is 3.13. The predicted molar refractivity (Wildman–Crippen MR) is 94.1 cm³/mol. The highest BCUT2D eigenvalue weighted by molar-refractivity contribution is 9.10. The molecule has 0 spiro atoms. The third kappa shape index (κ3) is 4.10. The first-order chi connectivity index (χ1) is 10.5. The van der Waals surface area contributed by atoms with Crippen LogP contribution in [-0.4, -0.2) is 40.2 Å². The van der Waals surface area contributed by atoms with E-state index in [9.17, 15) is 9.59 Å². The Bertz CT molecular complexity index is 589. The van der Waals surface area contributed by atoms with Gasteiger partial charge in [0.1, 0.15) is 5.25 Å². The molecule has 1 saturated heterocycles. The van der Waals surface area contributed by atoms with E-state index in [1.165, 1.54) is 11.8 Å². The number of rotatable bonds is 5. The van der Waals surface area contributed by atoms with Gasteiger partial charge < -0.3 is 5.32 Å². The van der Waals surface area contributed by atoms with Crippen LogP contribution in [0.5, 0.6) is 0 Å². The minimum atomic E-state index is -0.388. The molecule has 0 radical (unpaired) electrons. The lowest BCUT2D eigenvalue weighted by molar-refractivity contribution is -0.128. The van der Waals surface area contributed by atoms with E-state index in [1.807, 2.05) is 38.1 Å². The summed E-state index contributed by atoms with van der Waals surface area (Å²) in [5.74, 6) is -0.201. The van der Waals surface area contributed by atoms with Gasteiger partial charge in [-0.2, -0.15) is 0 Å². The molecule has 5 nitrogen and oxygen atoms in total. The zero-order valence-electron chi connectivity index (χ0n) is 12.5. The second-order valence-corrected chi connectivity index (χ2v) is 6.79. The van der Waals surface area contributed by atoms with Crippen LogP contribution < -0.4 is 5.32 Å². The Morgan fingerprint density at radius 3 is 2.64 bits per heavy atom. The number of aliphatic imine (C=N–C) groups is 1. The molecule has 1 aromatic rings. The van der Waals surface area contributed by atoms with E-state index in [2.05, 4.69) is 26.2 Å². The summed E-state index contributed by atoms with van der Waals surface area (Å²) < 4.78 is 0.950. The molecule has 118 valence electrons. The second kappa shape index (κ2) is 7.78. The number of hydrogen-bond donors (Lipinski definition) is 1. The lowest BCUT2D eigenvalue weighted by Gasteiger charge is -2.13. The maximum Gasteiger partial charge on any atom is 0.242 e. The summed E-state index contributed by atoms with van der Waals surface area (Å²) in [7, 11) is 0. The Balaban J connectivity index is 1.98. The molecular formula is C15H18BrN3O2S. The van der Waals surface area contributed by atoms with Crippen LogP contribution in [0.25, 0.3) is 0 Å². The second-order valence-electron chi connectivity index (χ2n) is 4.71. The summed E-state index contributed by atoms with van der Waals surface area (Å²) in [5.41, 5.74) is 0.721. The van der Waals surface area contributed by atoms with Crippen LogP contribution in [0.4, 0.5) is 5.69 Å². The minimum absolute atomic E-state index is 0.0364. The summed E-state index contributed by atoms with van der Waals surface area (Å²) in [4.78, 5) is 30.4. The van der Waals surface area contributed by atoms with Crippen molar-refractivity contribution in [1.29, 1.82) is 0 Å². The van der Waals surface area contributed by atoms with Crippen molar-refractivity contribution in [3.63, 3.8) is 0 Å². The molecule has 0 bridgehead atoms. The molecule has 1 aromatic carbocycles. The first-order valence-corrected chi connectivity index (χ1v) is 8.80. The zero-order valence-corrected chi connectivity index (χ0v) is 14.9. The number of benzene rings is 1. The van der Waals surface area contributed by atoms with Crippen molar-refractivity contribution in [3.05, 3.63) is 28.7 Å². The van der Waals surface area contributed by atoms with E-state index < -0.39 is 0 Å². The van der Waals surface area contributed by atoms with Gasteiger partial charge in [0.25, 0.3) is 0 Å². The number of nitrogens with zero attached hydrogens (tertiary/aromatic N) is 2. The first kappa shape index (κ1) is 17.0. The first-order valence-electron chi connectivity index (χ1n) is 7.13. The molecule has 7 heteroatoms. The highest BCUT2D eigenvalue weighted by atomic mass is 79.9. The number of nitrogens with one attached hydrogen (secondary N) is 1. The average molecular weight is 384 g/mol. The summed E-state index contributed by atoms with van der Waals surface area (Å²) in [6, 6.07) is 7.34. The number of anilines is 1. The van der Waals surface area contributed by atoms with Gasteiger partial charge in [0.2, 0.25) is 11.8 Å². The van der Waals surface area contributed by atoms with Crippen molar-refractivity contribution in [2.45, 2.75) is 25.5 Å².